The van der Waals surface area contributed by atoms with Crippen LogP contribution < -0.4 is 0 Å². The van der Waals surface area contributed by atoms with Gasteiger partial charge >= 0.3 is 0 Å². The summed E-state index contributed by atoms with van der Waals surface area (Å²) in [5.41, 5.74) is 2.22. The van der Waals surface area contributed by atoms with E-state index in [-0.39, 0.29) is 20.1 Å². The molecular formula is C12H13IrN2-. The van der Waals surface area contributed by atoms with Crippen LogP contribution >= 0.6 is 0 Å². The smallest absolute Gasteiger partial charge is 0.0496 e. The number of hydrogen-bond acceptors (Lipinski definition) is 1. The summed E-state index contributed by atoms with van der Waals surface area (Å²) in [5.74, 6) is 0.478. The van der Waals surface area contributed by atoms with Crippen LogP contribution in [-0.4, -0.2) is 9.78 Å². The van der Waals surface area contributed by atoms with Gasteiger partial charge in [-0.25, -0.2) is 0 Å². The van der Waals surface area contributed by atoms with E-state index in [0.29, 0.717) is 5.92 Å². The van der Waals surface area contributed by atoms with Gasteiger partial charge in [0.05, 0.1) is 0 Å². The van der Waals surface area contributed by atoms with Crippen LogP contribution in [0.25, 0.3) is 5.69 Å². The fraction of sp³-hybridized carbons (Fsp3) is 0.250. The minimum absolute atomic E-state index is 0. The quantitative estimate of drug-likeness (QED) is 0.736. The zero-order chi connectivity index (χ0) is 9.97. The summed E-state index contributed by atoms with van der Waals surface area (Å²) >= 11 is 0. The van der Waals surface area contributed by atoms with Crippen LogP contribution in [0, 0.1) is 6.07 Å². The van der Waals surface area contributed by atoms with E-state index in [1.54, 1.807) is 0 Å². The van der Waals surface area contributed by atoms with E-state index in [4.69, 9.17) is 0 Å². The molecule has 2 rings (SSSR count). The first kappa shape index (κ1) is 12.2. The van der Waals surface area contributed by atoms with Gasteiger partial charge < -0.3 is 0 Å². The first-order valence-electron chi connectivity index (χ1n) is 4.80. The molecule has 1 aromatic heterocycles. The molecular weight excluding hydrogens is 364 g/mol. The molecule has 0 N–H and O–H groups in total. The molecule has 0 atom stereocenters. The topological polar surface area (TPSA) is 17.8 Å². The van der Waals surface area contributed by atoms with E-state index < -0.39 is 0 Å². The molecule has 81 valence electrons. The molecule has 0 spiro atoms. The van der Waals surface area contributed by atoms with Gasteiger partial charge in [0.25, 0.3) is 0 Å². The summed E-state index contributed by atoms with van der Waals surface area (Å²) < 4.78 is 1.94. The summed E-state index contributed by atoms with van der Waals surface area (Å²) in [4.78, 5) is 0. The van der Waals surface area contributed by atoms with Gasteiger partial charge in [-0.3, -0.25) is 4.68 Å². The molecule has 1 aromatic carbocycles. The van der Waals surface area contributed by atoms with E-state index >= 15 is 0 Å². The molecule has 0 aliphatic heterocycles. The summed E-state index contributed by atoms with van der Waals surface area (Å²) in [6.45, 7) is 4.33. The van der Waals surface area contributed by atoms with E-state index in [2.05, 4.69) is 25.0 Å². The largest absolute Gasteiger partial charge is 0.262 e. The Bertz CT molecular complexity index is 407. The third kappa shape index (κ3) is 2.55. The molecule has 0 saturated carbocycles. The van der Waals surface area contributed by atoms with Gasteiger partial charge in [-0.15, -0.1) is 6.07 Å². The molecule has 1 radical (unpaired) electrons. The van der Waals surface area contributed by atoms with Gasteiger partial charge in [-0.1, -0.05) is 13.8 Å². The molecule has 0 bridgehead atoms. The van der Waals surface area contributed by atoms with E-state index in [1.165, 1.54) is 5.69 Å². The molecule has 0 saturated heterocycles. The predicted octanol–water partition coefficient (Wildman–Crippen LogP) is 2.79. The van der Waals surface area contributed by atoms with Crippen molar-refractivity contribution in [3.63, 3.8) is 0 Å². The standard InChI is InChI=1S/C12H13N2.Ir/c1-10(2)12-8-9-13-14(12)11-6-4-3-5-7-11;/h3-6,8-10H,1-2H3;/q-1;. The number of rotatable bonds is 2. The molecule has 15 heavy (non-hydrogen) atoms. The Hall–Kier alpha value is -0.921. The second-order valence-corrected chi connectivity index (χ2v) is 3.57. The Kier molecular flexibility index (Phi) is 4.25. The number of aromatic nitrogens is 2. The van der Waals surface area contributed by atoms with Crippen molar-refractivity contribution in [2.45, 2.75) is 19.8 Å². The third-order valence-electron chi connectivity index (χ3n) is 2.18. The maximum Gasteiger partial charge on any atom is 0.0496 e. The van der Waals surface area contributed by atoms with Crippen LogP contribution in [0.4, 0.5) is 0 Å². The molecule has 0 aliphatic carbocycles. The van der Waals surface area contributed by atoms with Gasteiger partial charge in [0, 0.05) is 32.0 Å². The van der Waals surface area contributed by atoms with Crippen molar-refractivity contribution in [2.24, 2.45) is 0 Å². The van der Waals surface area contributed by atoms with Crippen molar-refractivity contribution in [1.29, 1.82) is 0 Å². The second-order valence-electron chi connectivity index (χ2n) is 3.57. The first-order valence-corrected chi connectivity index (χ1v) is 4.80. The van der Waals surface area contributed by atoms with Crippen LogP contribution in [0.3, 0.4) is 0 Å². The van der Waals surface area contributed by atoms with Crippen molar-refractivity contribution in [1.82, 2.24) is 9.78 Å². The number of nitrogens with zero attached hydrogens (tertiary/aromatic N) is 2. The zero-order valence-electron chi connectivity index (χ0n) is 8.77. The van der Waals surface area contributed by atoms with Crippen molar-refractivity contribution in [3.05, 3.63) is 48.3 Å². The van der Waals surface area contributed by atoms with E-state index in [0.717, 1.165) is 5.69 Å². The Morgan fingerprint density at radius 2 is 2.07 bits per heavy atom. The van der Waals surface area contributed by atoms with Gasteiger partial charge in [0.2, 0.25) is 0 Å². The minimum atomic E-state index is 0. The molecule has 1 heterocycles. The minimum Gasteiger partial charge on any atom is -0.262 e. The normalized spacial score (nSPS) is 10.1. The Morgan fingerprint density at radius 1 is 1.27 bits per heavy atom. The fourth-order valence-electron chi connectivity index (χ4n) is 1.47. The Morgan fingerprint density at radius 3 is 2.67 bits per heavy atom. The van der Waals surface area contributed by atoms with Crippen molar-refractivity contribution >= 4 is 0 Å². The average Bonchev–Trinajstić information content (AvgIpc) is 2.67. The molecule has 0 aliphatic rings. The predicted molar refractivity (Wildman–Crippen MR) is 56.5 cm³/mol. The van der Waals surface area contributed by atoms with Crippen molar-refractivity contribution in [3.8, 4) is 5.69 Å². The maximum atomic E-state index is 4.29. The monoisotopic (exact) mass is 378 g/mol. The molecule has 3 heteroatoms. The molecule has 2 aromatic rings. The zero-order valence-corrected chi connectivity index (χ0v) is 11.2. The van der Waals surface area contributed by atoms with Crippen LogP contribution in [0.15, 0.2) is 36.5 Å². The summed E-state index contributed by atoms with van der Waals surface area (Å²) in [6.07, 6.45) is 1.83. The van der Waals surface area contributed by atoms with Crippen LogP contribution in [-0.2, 0) is 20.1 Å². The number of hydrogen-bond donors (Lipinski definition) is 0. The summed E-state index contributed by atoms with van der Waals surface area (Å²) in [7, 11) is 0. The fourth-order valence-corrected chi connectivity index (χ4v) is 1.47. The van der Waals surface area contributed by atoms with Gasteiger partial charge in [-0.05, 0) is 17.7 Å². The van der Waals surface area contributed by atoms with E-state index in [1.807, 2.05) is 41.2 Å². The third-order valence-corrected chi connectivity index (χ3v) is 2.18. The summed E-state index contributed by atoms with van der Waals surface area (Å²) in [5, 5.41) is 4.29. The molecule has 0 amide bonds. The van der Waals surface area contributed by atoms with Crippen LogP contribution in [0.1, 0.15) is 25.5 Å². The van der Waals surface area contributed by atoms with Crippen LogP contribution in [0.2, 0.25) is 0 Å². The van der Waals surface area contributed by atoms with Gasteiger partial charge in [0.1, 0.15) is 0 Å². The van der Waals surface area contributed by atoms with Gasteiger partial charge in [-0.2, -0.15) is 29.4 Å². The second kappa shape index (κ2) is 5.24. The van der Waals surface area contributed by atoms with Crippen molar-refractivity contribution in [2.75, 3.05) is 0 Å². The summed E-state index contributed by atoms with van der Waals surface area (Å²) in [6, 6.07) is 13.1. The first-order chi connectivity index (χ1) is 6.79. The molecule has 0 unspecified atom stereocenters. The maximum absolute atomic E-state index is 4.29. The average molecular weight is 377 g/mol. The van der Waals surface area contributed by atoms with Crippen molar-refractivity contribution < 1.29 is 20.1 Å². The SMILES string of the molecule is CC(C)c1ccnn1-c1[c-]cccc1.[Ir]. The Labute approximate surface area is 104 Å². The number of para-hydroxylation sites is 1. The van der Waals surface area contributed by atoms with Gasteiger partial charge in [0.15, 0.2) is 0 Å². The molecule has 2 nitrogen and oxygen atoms in total. The van der Waals surface area contributed by atoms with E-state index in [9.17, 15) is 0 Å². The van der Waals surface area contributed by atoms with Crippen LogP contribution in [0.5, 0.6) is 0 Å². The number of benzene rings is 1. The Balaban J connectivity index is 0.00000112. The molecule has 0 fully saturated rings.